The summed E-state index contributed by atoms with van der Waals surface area (Å²) < 4.78 is 37.3. The van der Waals surface area contributed by atoms with E-state index in [0.29, 0.717) is 13.1 Å². The van der Waals surface area contributed by atoms with E-state index in [4.69, 9.17) is 9.15 Å². The molecule has 0 saturated carbocycles. The quantitative estimate of drug-likeness (QED) is 0.800. The van der Waals surface area contributed by atoms with E-state index >= 15 is 0 Å². The fraction of sp³-hybridized carbons (Fsp3) is 0.643. The highest BCUT2D eigenvalue weighted by Crippen LogP contribution is 2.30. The molecular weight excluding hydrogens is 294 g/mol. The van der Waals surface area contributed by atoms with Gasteiger partial charge in [-0.15, -0.1) is 0 Å². The lowest BCUT2D eigenvalue weighted by Gasteiger charge is -2.20. The second-order valence-electron chi connectivity index (χ2n) is 5.23. The Morgan fingerprint density at radius 3 is 2.19 bits per heavy atom. The molecule has 0 radical (unpaired) electrons. The smallest absolute Gasteiger partial charge is 0.342 e. The van der Waals surface area contributed by atoms with Crippen LogP contribution in [0.15, 0.2) is 9.31 Å². The van der Waals surface area contributed by atoms with E-state index < -0.39 is 16.0 Å². The van der Waals surface area contributed by atoms with Crippen LogP contribution in [0.4, 0.5) is 0 Å². The fourth-order valence-electron chi connectivity index (χ4n) is 2.72. The summed E-state index contributed by atoms with van der Waals surface area (Å²) in [7, 11) is -2.51. The predicted octanol–water partition coefficient (Wildman–Crippen LogP) is 2.25. The standard InChI is InChI=1S/C14H21NO5S/c1-10-12(14(16)19-3)13(11(2)20-10)21(17,18)15-8-6-4-5-7-9-15/h4-9H2,1-3H3. The van der Waals surface area contributed by atoms with E-state index in [0.717, 1.165) is 25.7 Å². The summed E-state index contributed by atoms with van der Waals surface area (Å²) in [6.45, 7) is 4.09. The maximum Gasteiger partial charge on any atom is 0.342 e. The maximum absolute atomic E-state index is 12.9. The molecule has 1 fully saturated rings. The van der Waals surface area contributed by atoms with Crippen molar-refractivity contribution in [2.45, 2.75) is 44.4 Å². The molecule has 1 saturated heterocycles. The maximum atomic E-state index is 12.9. The highest BCUT2D eigenvalue weighted by atomic mass is 32.2. The van der Waals surface area contributed by atoms with Crippen LogP contribution in [0, 0.1) is 13.8 Å². The predicted molar refractivity (Wildman–Crippen MR) is 76.7 cm³/mol. The molecule has 2 rings (SSSR count). The number of nitrogens with zero attached hydrogens (tertiary/aromatic N) is 1. The molecule has 1 aliphatic rings. The third-order valence-corrected chi connectivity index (χ3v) is 5.81. The fourth-order valence-corrected chi connectivity index (χ4v) is 4.61. The number of ether oxygens (including phenoxy) is 1. The Bertz CT molecular complexity index is 624. The molecule has 0 aliphatic carbocycles. The number of hydrogen-bond donors (Lipinski definition) is 0. The summed E-state index contributed by atoms with van der Waals surface area (Å²) in [5.74, 6) is -0.178. The normalized spacial score (nSPS) is 17.5. The van der Waals surface area contributed by atoms with Gasteiger partial charge in [0, 0.05) is 13.1 Å². The summed E-state index contributed by atoms with van der Waals surface area (Å²) in [4.78, 5) is 11.9. The SMILES string of the molecule is COC(=O)c1c(C)oc(C)c1S(=O)(=O)N1CCCCCC1. The monoisotopic (exact) mass is 315 g/mol. The minimum Gasteiger partial charge on any atom is -0.465 e. The van der Waals surface area contributed by atoms with Gasteiger partial charge in [-0.2, -0.15) is 4.31 Å². The van der Waals surface area contributed by atoms with Crippen LogP contribution < -0.4 is 0 Å². The number of carbonyl (C=O) groups is 1. The molecule has 1 aromatic rings. The zero-order valence-electron chi connectivity index (χ0n) is 12.6. The first kappa shape index (κ1) is 16.0. The van der Waals surface area contributed by atoms with Crippen LogP contribution in [0.2, 0.25) is 0 Å². The first-order chi connectivity index (χ1) is 9.89. The zero-order valence-corrected chi connectivity index (χ0v) is 13.5. The Morgan fingerprint density at radius 1 is 1.10 bits per heavy atom. The van der Waals surface area contributed by atoms with E-state index in [9.17, 15) is 13.2 Å². The average Bonchev–Trinajstić information content (AvgIpc) is 2.64. The first-order valence-corrected chi connectivity index (χ1v) is 8.52. The van der Waals surface area contributed by atoms with Gasteiger partial charge in [-0.25, -0.2) is 13.2 Å². The van der Waals surface area contributed by atoms with Crippen molar-refractivity contribution in [1.82, 2.24) is 4.31 Å². The number of furan rings is 1. The molecule has 21 heavy (non-hydrogen) atoms. The minimum atomic E-state index is -3.74. The molecule has 1 aliphatic heterocycles. The molecule has 6 nitrogen and oxygen atoms in total. The average molecular weight is 315 g/mol. The van der Waals surface area contributed by atoms with Crippen LogP contribution in [0.25, 0.3) is 0 Å². The summed E-state index contributed by atoms with van der Waals surface area (Å²) in [5.41, 5.74) is 0.0132. The molecule has 0 aromatic carbocycles. The Morgan fingerprint density at radius 2 is 1.67 bits per heavy atom. The van der Waals surface area contributed by atoms with Gasteiger partial charge in [-0.1, -0.05) is 12.8 Å². The third kappa shape index (κ3) is 2.98. The van der Waals surface area contributed by atoms with Gasteiger partial charge in [0.1, 0.15) is 22.0 Å². The Hall–Kier alpha value is -1.34. The van der Waals surface area contributed by atoms with Crippen LogP contribution in [0.1, 0.15) is 47.6 Å². The van der Waals surface area contributed by atoms with Crippen molar-refractivity contribution in [3.05, 3.63) is 17.1 Å². The van der Waals surface area contributed by atoms with Crippen LogP contribution >= 0.6 is 0 Å². The van der Waals surface area contributed by atoms with Crippen molar-refractivity contribution in [3.63, 3.8) is 0 Å². The number of rotatable bonds is 3. The lowest BCUT2D eigenvalue weighted by molar-refractivity contribution is 0.0594. The van der Waals surface area contributed by atoms with Gasteiger partial charge in [0.2, 0.25) is 10.0 Å². The van der Waals surface area contributed by atoms with Crippen molar-refractivity contribution >= 4 is 16.0 Å². The summed E-state index contributed by atoms with van der Waals surface area (Å²) >= 11 is 0. The Labute approximate surface area is 125 Å². The summed E-state index contributed by atoms with van der Waals surface area (Å²) in [5, 5.41) is 0. The zero-order chi connectivity index (χ0) is 15.6. The molecule has 7 heteroatoms. The number of hydrogen-bond acceptors (Lipinski definition) is 5. The molecule has 0 amide bonds. The molecule has 118 valence electrons. The Kier molecular flexibility index (Phi) is 4.73. The van der Waals surface area contributed by atoms with E-state index in [1.54, 1.807) is 13.8 Å². The molecule has 0 unspecified atom stereocenters. The summed E-state index contributed by atoms with van der Waals surface area (Å²) in [6, 6.07) is 0. The highest BCUT2D eigenvalue weighted by Gasteiger charge is 2.35. The molecule has 0 N–H and O–H groups in total. The lowest BCUT2D eigenvalue weighted by atomic mass is 10.2. The van der Waals surface area contributed by atoms with E-state index in [1.165, 1.54) is 11.4 Å². The van der Waals surface area contributed by atoms with E-state index in [-0.39, 0.29) is 22.0 Å². The molecule has 0 spiro atoms. The lowest BCUT2D eigenvalue weighted by Crippen LogP contribution is -2.33. The number of esters is 1. The van der Waals surface area contributed by atoms with E-state index in [1.807, 2.05) is 0 Å². The van der Waals surface area contributed by atoms with E-state index in [2.05, 4.69) is 0 Å². The second kappa shape index (κ2) is 6.19. The molecule has 2 heterocycles. The minimum absolute atomic E-state index is 0.0132. The van der Waals surface area contributed by atoms with Gasteiger partial charge in [0.25, 0.3) is 0 Å². The van der Waals surface area contributed by atoms with Crippen LogP contribution in [0.5, 0.6) is 0 Å². The summed E-state index contributed by atoms with van der Waals surface area (Å²) in [6.07, 6.45) is 3.73. The third-order valence-electron chi connectivity index (χ3n) is 3.76. The van der Waals surface area contributed by atoms with Gasteiger partial charge >= 0.3 is 5.97 Å². The number of sulfonamides is 1. The van der Waals surface area contributed by atoms with Gasteiger partial charge < -0.3 is 9.15 Å². The van der Waals surface area contributed by atoms with Crippen LogP contribution in [-0.4, -0.2) is 38.9 Å². The number of methoxy groups -OCH3 is 1. The van der Waals surface area contributed by atoms with Gasteiger partial charge in [-0.3, -0.25) is 0 Å². The second-order valence-corrected chi connectivity index (χ2v) is 7.10. The highest BCUT2D eigenvalue weighted by molar-refractivity contribution is 7.89. The molecule has 0 bridgehead atoms. The Balaban J connectivity index is 2.51. The van der Waals surface area contributed by atoms with Crippen molar-refractivity contribution in [2.24, 2.45) is 0 Å². The van der Waals surface area contributed by atoms with Gasteiger partial charge in [0.15, 0.2) is 0 Å². The van der Waals surface area contributed by atoms with Crippen molar-refractivity contribution in [3.8, 4) is 0 Å². The number of aryl methyl sites for hydroxylation is 2. The largest absolute Gasteiger partial charge is 0.465 e. The van der Waals surface area contributed by atoms with Gasteiger partial charge in [-0.05, 0) is 26.7 Å². The number of carbonyl (C=O) groups excluding carboxylic acids is 1. The molecular formula is C14H21NO5S. The van der Waals surface area contributed by atoms with Crippen LogP contribution in [-0.2, 0) is 14.8 Å². The topological polar surface area (TPSA) is 76.8 Å². The molecule has 0 atom stereocenters. The van der Waals surface area contributed by atoms with Crippen molar-refractivity contribution in [2.75, 3.05) is 20.2 Å². The molecule has 1 aromatic heterocycles. The van der Waals surface area contributed by atoms with Crippen LogP contribution in [0.3, 0.4) is 0 Å². The van der Waals surface area contributed by atoms with Gasteiger partial charge in [0.05, 0.1) is 7.11 Å². The first-order valence-electron chi connectivity index (χ1n) is 7.08. The van der Waals surface area contributed by atoms with Crippen molar-refractivity contribution in [1.29, 1.82) is 0 Å². The van der Waals surface area contributed by atoms with Crippen molar-refractivity contribution < 1.29 is 22.4 Å².